The standard InChI is InChI=1S/2C11H10O3S.H3N/c1-14-15(12,13)11-8-4-6-9-5-2-3-7-10(9)11;1-8-6-7-9-4-2-3-5-10(9)11(8)15(12,13)14;/h2-8H,1H3;2-7H,1H3,(H,12,13,14);1H3. The first-order chi connectivity index (χ1) is 14.1. The van der Waals surface area contributed by atoms with Crippen LogP contribution in [0.5, 0.6) is 0 Å². The maximum absolute atomic E-state index is 11.6. The molecule has 4 aromatic carbocycles. The number of rotatable bonds is 3. The van der Waals surface area contributed by atoms with Crippen molar-refractivity contribution in [2.75, 3.05) is 7.11 Å². The quantitative estimate of drug-likeness (QED) is 0.333. The first kappa shape index (κ1) is 24.4. The molecule has 0 aliphatic rings. The Bertz CT molecular complexity index is 1430. The van der Waals surface area contributed by atoms with Crippen molar-refractivity contribution < 1.29 is 25.6 Å². The van der Waals surface area contributed by atoms with Gasteiger partial charge in [0.2, 0.25) is 0 Å². The molecule has 4 aromatic rings. The second kappa shape index (κ2) is 9.54. The molecule has 0 heterocycles. The zero-order chi connectivity index (χ0) is 21.9. The highest BCUT2D eigenvalue weighted by atomic mass is 32.2. The summed E-state index contributed by atoms with van der Waals surface area (Å²) in [6.45, 7) is 1.66. The predicted octanol–water partition coefficient (Wildman–Crippen LogP) is 4.73. The summed E-state index contributed by atoms with van der Waals surface area (Å²) in [6, 6.07) is 23.0. The largest absolute Gasteiger partial charge is 0.344 e. The highest BCUT2D eigenvalue weighted by Gasteiger charge is 2.17. The van der Waals surface area contributed by atoms with E-state index in [9.17, 15) is 16.8 Å². The molecule has 0 fully saturated rings. The van der Waals surface area contributed by atoms with E-state index in [1.54, 1.807) is 49.4 Å². The summed E-state index contributed by atoms with van der Waals surface area (Å²) >= 11 is 0. The highest BCUT2D eigenvalue weighted by molar-refractivity contribution is 7.87. The molecule has 0 bridgehead atoms. The van der Waals surface area contributed by atoms with Crippen LogP contribution in [0, 0.1) is 6.92 Å². The van der Waals surface area contributed by atoms with Gasteiger partial charge in [0.25, 0.3) is 20.2 Å². The summed E-state index contributed by atoms with van der Waals surface area (Å²) in [5.41, 5.74) is 0.552. The molecule has 0 spiro atoms. The van der Waals surface area contributed by atoms with Gasteiger partial charge < -0.3 is 6.15 Å². The van der Waals surface area contributed by atoms with Crippen LogP contribution in [-0.4, -0.2) is 28.5 Å². The van der Waals surface area contributed by atoms with Gasteiger partial charge in [-0.1, -0.05) is 72.8 Å². The van der Waals surface area contributed by atoms with Gasteiger partial charge in [-0.3, -0.25) is 8.74 Å². The van der Waals surface area contributed by atoms with Gasteiger partial charge in [0, 0.05) is 10.8 Å². The van der Waals surface area contributed by atoms with E-state index in [1.165, 1.54) is 0 Å². The topological polar surface area (TPSA) is 133 Å². The molecule has 0 aliphatic heterocycles. The van der Waals surface area contributed by atoms with Gasteiger partial charge >= 0.3 is 0 Å². The van der Waals surface area contributed by atoms with Crippen molar-refractivity contribution in [3.05, 3.63) is 84.4 Å². The number of benzene rings is 4. The minimum atomic E-state index is -4.16. The monoisotopic (exact) mass is 461 g/mol. The van der Waals surface area contributed by atoms with E-state index in [-0.39, 0.29) is 15.9 Å². The van der Waals surface area contributed by atoms with E-state index in [4.69, 9.17) is 4.55 Å². The maximum Gasteiger partial charge on any atom is 0.297 e. The lowest BCUT2D eigenvalue weighted by Crippen LogP contribution is -2.03. The molecular formula is C22H23NO6S2. The van der Waals surface area contributed by atoms with Crippen LogP contribution in [0.25, 0.3) is 21.5 Å². The Morgan fingerprint density at radius 2 is 1.23 bits per heavy atom. The van der Waals surface area contributed by atoms with Crippen LogP contribution in [0.15, 0.2) is 88.7 Å². The van der Waals surface area contributed by atoms with E-state index < -0.39 is 20.2 Å². The van der Waals surface area contributed by atoms with Crippen molar-refractivity contribution >= 4 is 41.8 Å². The number of aryl methyl sites for hydroxylation is 1. The molecule has 9 heteroatoms. The summed E-state index contributed by atoms with van der Waals surface area (Å²) in [5.74, 6) is 0. The number of hydrogen-bond acceptors (Lipinski definition) is 6. The highest BCUT2D eigenvalue weighted by Crippen LogP contribution is 2.26. The van der Waals surface area contributed by atoms with Crippen LogP contribution in [0.3, 0.4) is 0 Å². The van der Waals surface area contributed by atoms with E-state index in [0.29, 0.717) is 16.3 Å². The van der Waals surface area contributed by atoms with E-state index >= 15 is 0 Å². The molecule has 4 N–H and O–H groups in total. The van der Waals surface area contributed by atoms with Gasteiger partial charge in [-0.2, -0.15) is 16.8 Å². The summed E-state index contributed by atoms with van der Waals surface area (Å²) in [6.07, 6.45) is 0. The fourth-order valence-corrected chi connectivity index (χ4v) is 5.02. The van der Waals surface area contributed by atoms with E-state index in [0.717, 1.165) is 17.9 Å². The lowest BCUT2D eigenvalue weighted by molar-refractivity contribution is 0.398. The van der Waals surface area contributed by atoms with E-state index in [2.05, 4.69) is 4.18 Å². The summed E-state index contributed by atoms with van der Waals surface area (Å²) < 4.78 is 59.3. The van der Waals surface area contributed by atoms with Crippen LogP contribution in [0.4, 0.5) is 0 Å². The number of hydrogen-bond donors (Lipinski definition) is 2. The molecule has 0 saturated carbocycles. The minimum absolute atomic E-state index is 0. The minimum Gasteiger partial charge on any atom is -0.344 e. The van der Waals surface area contributed by atoms with Crippen LogP contribution in [-0.2, 0) is 24.4 Å². The van der Waals surface area contributed by atoms with Crippen molar-refractivity contribution in [2.24, 2.45) is 0 Å². The van der Waals surface area contributed by atoms with Crippen molar-refractivity contribution in [3.8, 4) is 0 Å². The van der Waals surface area contributed by atoms with Crippen molar-refractivity contribution in [1.29, 1.82) is 0 Å². The normalized spacial score (nSPS) is 11.5. The van der Waals surface area contributed by atoms with Gasteiger partial charge in [-0.25, -0.2) is 0 Å². The lowest BCUT2D eigenvalue weighted by atomic mass is 10.1. The second-order valence-electron chi connectivity index (χ2n) is 6.51. The van der Waals surface area contributed by atoms with Gasteiger partial charge in [0.15, 0.2) is 0 Å². The fraction of sp³-hybridized carbons (Fsp3) is 0.0909. The number of fused-ring (bicyclic) bond motifs is 2. The first-order valence-electron chi connectivity index (χ1n) is 8.89. The fourth-order valence-electron chi connectivity index (χ4n) is 3.20. The van der Waals surface area contributed by atoms with Crippen LogP contribution in [0.2, 0.25) is 0 Å². The predicted molar refractivity (Wildman–Crippen MR) is 122 cm³/mol. The molecular weight excluding hydrogens is 438 g/mol. The summed E-state index contributed by atoms with van der Waals surface area (Å²) in [5, 5.41) is 2.92. The molecule has 0 amide bonds. The van der Waals surface area contributed by atoms with Crippen LogP contribution < -0.4 is 6.15 Å². The lowest BCUT2D eigenvalue weighted by Gasteiger charge is -2.06. The van der Waals surface area contributed by atoms with Crippen molar-refractivity contribution in [2.45, 2.75) is 16.7 Å². The molecule has 164 valence electrons. The summed E-state index contributed by atoms with van der Waals surface area (Å²) in [4.78, 5) is 0.212. The Kier molecular flexibility index (Phi) is 7.53. The average molecular weight is 462 g/mol. The Morgan fingerprint density at radius 1 is 0.710 bits per heavy atom. The van der Waals surface area contributed by atoms with Gasteiger partial charge in [-0.15, -0.1) is 0 Å². The molecule has 4 rings (SSSR count). The Labute approximate surface area is 181 Å². The Balaban J connectivity index is 0.000000213. The van der Waals surface area contributed by atoms with Crippen LogP contribution >= 0.6 is 0 Å². The molecule has 0 atom stereocenters. The Hall–Kier alpha value is -2.82. The third-order valence-electron chi connectivity index (χ3n) is 4.57. The van der Waals surface area contributed by atoms with Crippen molar-refractivity contribution in [1.82, 2.24) is 6.15 Å². The van der Waals surface area contributed by atoms with E-state index in [1.807, 2.05) is 36.4 Å². The molecule has 0 radical (unpaired) electrons. The zero-order valence-electron chi connectivity index (χ0n) is 17.0. The van der Waals surface area contributed by atoms with Crippen LogP contribution in [0.1, 0.15) is 5.56 Å². The molecule has 0 aliphatic carbocycles. The molecule has 0 saturated heterocycles. The Morgan fingerprint density at radius 3 is 1.81 bits per heavy atom. The smallest absolute Gasteiger partial charge is 0.297 e. The zero-order valence-corrected chi connectivity index (χ0v) is 18.7. The second-order valence-corrected chi connectivity index (χ2v) is 9.55. The van der Waals surface area contributed by atoms with Gasteiger partial charge in [-0.05, 0) is 29.3 Å². The summed E-state index contributed by atoms with van der Waals surface area (Å²) in [7, 11) is -6.62. The molecule has 7 nitrogen and oxygen atoms in total. The van der Waals surface area contributed by atoms with Gasteiger partial charge in [0.1, 0.15) is 9.79 Å². The SMILES string of the molecule is COS(=O)(=O)c1cccc2ccccc12.Cc1ccc2ccccc2c1S(=O)(=O)O.N. The third kappa shape index (κ3) is 5.27. The average Bonchev–Trinajstić information content (AvgIpc) is 2.72. The molecule has 31 heavy (non-hydrogen) atoms. The molecule has 0 unspecified atom stereocenters. The van der Waals surface area contributed by atoms with Crippen molar-refractivity contribution in [3.63, 3.8) is 0 Å². The first-order valence-corrected chi connectivity index (χ1v) is 11.7. The maximum atomic E-state index is 11.6. The third-order valence-corrected chi connectivity index (χ3v) is 6.96. The van der Waals surface area contributed by atoms with Gasteiger partial charge in [0.05, 0.1) is 7.11 Å². The molecule has 0 aromatic heterocycles.